The molecule has 3 heterocycles. The molecule has 0 spiro atoms. The number of likely N-dealkylation sites (tertiary alicyclic amines) is 1. The fourth-order valence-corrected chi connectivity index (χ4v) is 4.14. The number of nitrogens with one attached hydrogen (secondary N) is 2. The molecular formula is C22H38N6. The monoisotopic (exact) mass is 386 g/mol. The minimum Gasteiger partial charge on any atom is -0.357 e. The second-order valence-corrected chi connectivity index (χ2v) is 8.03. The van der Waals surface area contributed by atoms with Gasteiger partial charge in [-0.1, -0.05) is 12.8 Å². The zero-order chi connectivity index (χ0) is 19.4. The predicted molar refractivity (Wildman–Crippen MR) is 118 cm³/mol. The van der Waals surface area contributed by atoms with E-state index in [1.54, 1.807) is 0 Å². The predicted octanol–water partition coefficient (Wildman–Crippen LogP) is 3.00. The summed E-state index contributed by atoms with van der Waals surface area (Å²) in [6.45, 7) is 7.73. The van der Waals surface area contributed by atoms with Crippen molar-refractivity contribution in [2.24, 2.45) is 4.99 Å². The Hall–Kier alpha value is -1.82. The van der Waals surface area contributed by atoms with E-state index in [0.717, 1.165) is 44.4 Å². The summed E-state index contributed by atoms with van der Waals surface area (Å²) >= 11 is 0. The summed E-state index contributed by atoms with van der Waals surface area (Å²) in [5.74, 6) is 1.99. The minimum absolute atomic E-state index is 0.773. The number of hydrogen-bond acceptors (Lipinski definition) is 4. The van der Waals surface area contributed by atoms with Crippen molar-refractivity contribution < 1.29 is 0 Å². The fraction of sp³-hybridized carbons (Fsp3) is 0.727. The third-order valence-corrected chi connectivity index (χ3v) is 5.82. The zero-order valence-electron chi connectivity index (χ0n) is 17.6. The Morgan fingerprint density at radius 1 is 1.00 bits per heavy atom. The second kappa shape index (κ2) is 11.9. The molecule has 2 aliphatic rings. The number of piperidine rings is 1. The summed E-state index contributed by atoms with van der Waals surface area (Å²) in [5, 5.41) is 6.90. The van der Waals surface area contributed by atoms with Gasteiger partial charge < -0.3 is 20.4 Å². The molecule has 0 unspecified atom stereocenters. The highest BCUT2D eigenvalue weighted by Gasteiger charge is 2.12. The van der Waals surface area contributed by atoms with Crippen LogP contribution < -0.4 is 15.5 Å². The number of guanidine groups is 1. The first-order chi connectivity index (χ1) is 13.8. The first-order valence-electron chi connectivity index (χ1n) is 11.2. The Balaban J connectivity index is 1.37. The molecule has 6 nitrogen and oxygen atoms in total. The SMILES string of the molecule is CN=C(NCCCN1CCCCCC1)NCc1ccnc(N2CCCCC2)c1. The van der Waals surface area contributed by atoms with Crippen LogP contribution in [0.1, 0.15) is 56.9 Å². The smallest absolute Gasteiger partial charge is 0.191 e. The van der Waals surface area contributed by atoms with Crippen molar-refractivity contribution >= 4 is 11.8 Å². The molecule has 2 saturated heterocycles. The fourth-order valence-electron chi connectivity index (χ4n) is 4.14. The minimum atomic E-state index is 0.773. The van der Waals surface area contributed by atoms with Crippen LogP contribution in [0.5, 0.6) is 0 Å². The van der Waals surface area contributed by atoms with Crippen LogP contribution >= 0.6 is 0 Å². The van der Waals surface area contributed by atoms with Gasteiger partial charge in [-0.3, -0.25) is 4.99 Å². The van der Waals surface area contributed by atoms with E-state index in [1.165, 1.54) is 70.1 Å². The Morgan fingerprint density at radius 3 is 2.46 bits per heavy atom. The van der Waals surface area contributed by atoms with Gasteiger partial charge in [0.05, 0.1) is 0 Å². The lowest BCUT2D eigenvalue weighted by Crippen LogP contribution is -2.38. The van der Waals surface area contributed by atoms with E-state index in [1.807, 2.05) is 13.2 Å². The van der Waals surface area contributed by atoms with Crippen LogP contribution in [0.3, 0.4) is 0 Å². The Kier molecular flexibility index (Phi) is 8.88. The highest BCUT2D eigenvalue weighted by Crippen LogP contribution is 2.18. The van der Waals surface area contributed by atoms with Crippen LogP contribution in [0.4, 0.5) is 5.82 Å². The molecule has 0 radical (unpaired) electrons. The molecule has 1 aromatic rings. The van der Waals surface area contributed by atoms with Crippen LogP contribution in [0.15, 0.2) is 23.3 Å². The maximum atomic E-state index is 4.57. The molecule has 3 rings (SSSR count). The van der Waals surface area contributed by atoms with Gasteiger partial charge in [-0.15, -0.1) is 0 Å². The van der Waals surface area contributed by atoms with E-state index in [-0.39, 0.29) is 0 Å². The van der Waals surface area contributed by atoms with E-state index in [4.69, 9.17) is 0 Å². The van der Waals surface area contributed by atoms with Crippen molar-refractivity contribution in [1.29, 1.82) is 0 Å². The molecule has 2 fully saturated rings. The summed E-state index contributed by atoms with van der Waals surface area (Å²) in [6.07, 6.45) is 12.5. The molecule has 0 atom stereocenters. The maximum Gasteiger partial charge on any atom is 0.191 e. The molecular weight excluding hydrogens is 348 g/mol. The summed E-state index contributed by atoms with van der Waals surface area (Å²) in [5.41, 5.74) is 1.25. The van der Waals surface area contributed by atoms with Crippen molar-refractivity contribution in [2.45, 2.75) is 57.9 Å². The molecule has 6 heteroatoms. The summed E-state index contributed by atoms with van der Waals surface area (Å²) in [6, 6.07) is 4.30. The van der Waals surface area contributed by atoms with Gasteiger partial charge in [0.25, 0.3) is 0 Å². The zero-order valence-corrected chi connectivity index (χ0v) is 17.6. The van der Waals surface area contributed by atoms with Crippen LogP contribution in [-0.2, 0) is 6.54 Å². The van der Waals surface area contributed by atoms with Crippen LogP contribution in [0.25, 0.3) is 0 Å². The molecule has 28 heavy (non-hydrogen) atoms. The summed E-state index contributed by atoms with van der Waals surface area (Å²) in [7, 11) is 1.84. The molecule has 0 aliphatic carbocycles. The van der Waals surface area contributed by atoms with Crippen LogP contribution in [0, 0.1) is 0 Å². The topological polar surface area (TPSA) is 55.8 Å². The number of nitrogens with zero attached hydrogens (tertiary/aromatic N) is 4. The van der Waals surface area contributed by atoms with Gasteiger partial charge in [0.1, 0.15) is 5.82 Å². The van der Waals surface area contributed by atoms with Gasteiger partial charge in [0, 0.05) is 39.4 Å². The average molecular weight is 387 g/mol. The van der Waals surface area contributed by atoms with Crippen molar-refractivity contribution in [3.8, 4) is 0 Å². The number of aliphatic imine (C=N–C) groups is 1. The molecule has 1 aromatic heterocycles. The quantitative estimate of drug-likeness (QED) is 0.429. The van der Waals surface area contributed by atoms with Crippen LogP contribution in [0.2, 0.25) is 0 Å². The first kappa shape index (κ1) is 20.9. The third-order valence-electron chi connectivity index (χ3n) is 5.82. The van der Waals surface area contributed by atoms with E-state index < -0.39 is 0 Å². The molecule has 0 aromatic carbocycles. The summed E-state index contributed by atoms with van der Waals surface area (Å²) in [4.78, 5) is 14.0. The second-order valence-electron chi connectivity index (χ2n) is 8.03. The van der Waals surface area contributed by atoms with Crippen molar-refractivity contribution in [2.75, 3.05) is 51.2 Å². The molecule has 156 valence electrons. The van der Waals surface area contributed by atoms with Gasteiger partial charge in [0.15, 0.2) is 5.96 Å². The van der Waals surface area contributed by atoms with Gasteiger partial charge >= 0.3 is 0 Å². The first-order valence-corrected chi connectivity index (χ1v) is 11.2. The maximum absolute atomic E-state index is 4.57. The Morgan fingerprint density at radius 2 is 1.71 bits per heavy atom. The van der Waals surface area contributed by atoms with Crippen molar-refractivity contribution in [3.05, 3.63) is 23.9 Å². The van der Waals surface area contributed by atoms with E-state index in [9.17, 15) is 0 Å². The van der Waals surface area contributed by atoms with Crippen molar-refractivity contribution in [1.82, 2.24) is 20.5 Å². The van der Waals surface area contributed by atoms with Gasteiger partial charge in [0.2, 0.25) is 0 Å². The standard InChI is InChI=1S/C22H38N6/c1-23-22(25-11-9-15-27-13-5-2-3-6-14-27)26-19-20-10-12-24-21(18-20)28-16-7-4-8-17-28/h10,12,18H,2-9,11,13-17,19H2,1H3,(H2,23,25,26). The Bertz CT molecular complexity index is 588. The lowest BCUT2D eigenvalue weighted by atomic mass is 10.1. The van der Waals surface area contributed by atoms with E-state index in [0.29, 0.717) is 0 Å². The van der Waals surface area contributed by atoms with E-state index >= 15 is 0 Å². The normalized spacial score (nSPS) is 19.3. The number of hydrogen-bond donors (Lipinski definition) is 2. The van der Waals surface area contributed by atoms with Crippen molar-refractivity contribution in [3.63, 3.8) is 0 Å². The Labute approximate surface area is 170 Å². The van der Waals surface area contributed by atoms with Crippen LogP contribution in [-0.4, -0.2) is 62.2 Å². The third kappa shape index (κ3) is 6.97. The highest BCUT2D eigenvalue weighted by molar-refractivity contribution is 5.79. The summed E-state index contributed by atoms with van der Waals surface area (Å²) < 4.78 is 0. The molecule has 0 amide bonds. The van der Waals surface area contributed by atoms with Gasteiger partial charge in [-0.25, -0.2) is 4.98 Å². The molecule has 2 N–H and O–H groups in total. The lowest BCUT2D eigenvalue weighted by molar-refractivity contribution is 0.282. The van der Waals surface area contributed by atoms with Gasteiger partial charge in [-0.05, 0) is 75.9 Å². The number of pyridine rings is 1. The lowest BCUT2D eigenvalue weighted by Gasteiger charge is -2.28. The van der Waals surface area contributed by atoms with E-state index in [2.05, 4.69) is 42.5 Å². The number of anilines is 1. The molecule has 2 aliphatic heterocycles. The number of rotatable bonds is 7. The largest absolute Gasteiger partial charge is 0.357 e. The average Bonchev–Trinajstić information content (AvgIpc) is 3.03. The molecule has 0 bridgehead atoms. The highest BCUT2D eigenvalue weighted by atomic mass is 15.2. The number of aromatic nitrogens is 1. The molecule has 0 saturated carbocycles. The van der Waals surface area contributed by atoms with Gasteiger partial charge in [-0.2, -0.15) is 0 Å².